The van der Waals surface area contributed by atoms with Gasteiger partial charge < -0.3 is 21.7 Å². The fraction of sp³-hybridized carbons (Fsp3) is 0.250. The largest absolute Gasteiger partial charge is 0.481 e. The number of carbonyl (C=O) groups excluding carboxylic acids is 2. The molecule has 0 atom stereocenters. The van der Waals surface area contributed by atoms with Crippen LogP contribution in [0.25, 0.3) is 0 Å². The third kappa shape index (κ3) is 3.61. The molecule has 0 aromatic rings. The van der Waals surface area contributed by atoms with Crippen LogP contribution in [-0.2, 0) is 9.59 Å². The standard InChI is InChI=1S/C8H12N2O4/c1-4(6(9)11)2-3-5(7(10)12)8(13)14/h13-14H,1-3H2,(H2,9,11)(H2,10,12). The SMILES string of the molecule is C=C(CCC(C(N)=O)=C(O)O)C(N)=O. The molecule has 0 aliphatic carbocycles. The summed E-state index contributed by atoms with van der Waals surface area (Å²) in [4.78, 5) is 21.1. The first-order valence-corrected chi connectivity index (χ1v) is 3.74. The molecule has 0 aromatic heterocycles. The molecule has 0 unspecified atom stereocenters. The van der Waals surface area contributed by atoms with Crippen LogP contribution in [0.2, 0.25) is 0 Å². The van der Waals surface area contributed by atoms with Crippen LogP contribution in [0.15, 0.2) is 23.7 Å². The van der Waals surface area contributed by atoms with E-state index in [2.05, 4.69) is 6.58 Å². The number of hydrogen-bond acceptors (Lipinski definition) is 4. The van der Waals surface area contributed by atoms with Gasteiger partial charge in [-0.25, -0.2) is 0 Å². The van der Waals surface area contributed by atoms with Crippen LogP contribution in [0.5, 0.6) is 0 Å². The lowest BCUT2D eigenvalue weighted by atomic mass is 10.1. The molecule has 0 spiro atoms. The Bertz CT molecular complexity index is 302. The average molecular weight is 200 g/mol. The van der Waals surface area contributed by atoms with Gasteiger partial charge in [-0.15, -0.1) is 0 Å². The third-order valence-electron chi connectivity index (χ3n) is 1.59. The molecule has 0 saturated heterocycles. The van der Waals surface area contributed by atoms with Crippen molar-refractivity contribution in [2.24, 2.45) is 11.5 Å². The number of hydrogen-bond donors (Lipinski definition) is 4. The average Bonchev–Trinajstić information content (AvgIpc) is 2.02. The minimum atomic E-state index is -1.14. The topological polar surface area (TPSA) is 127 Å². The van der Waals surface area contributed by atoms with E-state index in [9.17, 15) is 9.59 Å². The van der Waals surface area contributed by atoms with Crippen molar-refractivity contribution >= 4 is 11.8 Å². The summed E-state index contributed by atoms with van der Waals surface area (Å²) in [5.74, 6) is -2.80. The second-order valence-electron chi connectivity index (χ2n) is 2.63. The summed E-state index contributed by atoms with van der Waals surface area (Å²) in [7, 11) is 0. The van der Waals surface area contributed by atoms with E-state index in [1.165, 1.54) is 0 Å². The van der Waals surface area contributed by atoms with Gasteiger partial charge in [0.25, 0.3) is 11.9 Å². The monoisotopic (exact) mass is 200 g/mol. The molecular formula is C8H12N2O4. The smallest absolute Gasteiger partial charge is 0.283 e. The maximum Gasteiger partial charge on any atom is 0.283 e. The maximum absolute atomic E-state index is 10.6. The predicted molar refractivity (Wildman–Crippen MR) is 49.0 cm³/mol. The van der Waals surface area contributed by atoms with Gasteiger partial charge in [-0.05, 0) is 12.8 Å². The van der Waals surface area contributed by atoms with E-state index in [1.807, 2.05) is 0 Å². The number of rotatable bonds is 5. The van der Waals surface area contributed by atoms with Gasteiger partial charge in [-0.2, -0.15) is 0 Å². The lowest BCUT2D eigenvalue weighted by Gasteiger charge is -2.03. The Morgan fingerprint density at radius 3 is 1.86 bits per heavy atom. The van der Waals surface area contributed by atoms with Gasteiger partial charge in [0, 0.05) is 5.57 Å². The zero-order valence-electron chi connectivity index (χ0n) is 7.49. The highest BCUT2D eigenvalue weighted by atomic mass is 16.5. The Morgan fingerprint density at radius 2 is 1.57 bits per heavy atom. The summed E-state index contributed by atoms with van der Waals surface area (Å²) in [6.07, 6.45) is -0.0301. The number of aliphatic hydroxyl groups excluding tert-OH is 1. The van der Waals surface area contributed by atoms with Crippen molar-refractivity contribution in [3.63, 3.8) is 0 Å². The predicted octanol–water partition coefficient (Wildman–Crippen LogP) is -0.379. The number of aliphatic hydroxyl groups is 2. The first-order chi connectivity index (χ1) is 6.36. The molecule has 78 valence electrons. The third-order valence-corrected chi connectivity index (χ3v) is 1.59. The minimum Gasteiger partial charge on any atom is -0.481 e. The van der Waals surface area contributed by atoms with Crippen LogP contribution >= 0.6 is 0 Å². The minimum absolute atomic E-state index is 0.0538. The van der Waals surface area contributed by atoms with E-state index < -0.39 is 17.8 Å². The molecule has 0 saturated carbocycles. The van der Waals surface area contributed by atoms with E-state index in [-0.39, 0.29) is 24.0 Å². The molecule has 2 amide bonds. The molecule has 6 heteroatoms. The Hall–Kier alpha value is -1.98. The molecule has 0 aliphatic heterocycles. The van der Waals surface area contributed by atoms with Crippen LogP contribution in [0.3, 0.4) is 0 Å². The summed E-state index contributed by atoms with van der Waals surface area (Å²) in [5.41, 5.74) is 9.45. The summed E-state index contributed by atoms with van der Waals surface area (Å²) < 4.78 is 0. The van der Waals surface area contributed by atoms with E-state index in [1.54, 1.807) is 0 Å². The number of nitrogens with two attached hydrogens (primary N) is 2. The lowest BCUT2D eigenvalue weighted by Crippen LogP contribution is -2.18. The van der Waals surface area contributed by atoms with Crippen LogP contribution < -0.4 is 11.5 Å². The highest BCUT2D eigenvalue weighted by molar-refractivity contribution is 5.93. The van der Waals surface area contributed by atoms with Crippen LogP contribution in [0.4, 0.5) is 0 Å². The Balaban J connectivity index is 4.38. The van der Waals surface area contributed by atoms with Gasteiger partial charge in [0.05, 0.1) is 5.57 Å². The zero-order valence-corrected chi connectivity index (χ0v) is 7.49. The van der Waals surface area contributed by atoms with Gasteiger partial charge in [0.2, 0.25) is 5.91 Å². The van der Waals surface area contributed by atoms with E-state index in [0.717, 1.165) is 0 Å². The van der Waals surface area contributed by atoms with Crippen LogP contribution in [-0.4, -0.2) is 22.0 Å². The van der Waals surface area contributed by atoms with Gasteiger partial charge in [0.1, 0.15) is 0 Å². The zero-order chi connectivity index (χ0) is 11.3. The summed E-state index contributed by atoms with van der Waals surface area (Å²) in [6, 6.07) is 0. The van der Waals surface area contributed by atoms with Crippen molar-refractivity contribution in [2.45, 2.75) is 12.8 Å². The van der Waals surface area contributed by atoms with Gasteiger partial charge in [-0.3, -0.25) is 9.59 Å². The molecule has 0 rings (SSSR count). The van der Waals surface area contributed by atoms with E-state index >= 15 is 0 Å². The lowest BCUT2D eigenvalue weighted by molar-refractivity contribution is -0.116. The molecule has 0 aliphatic rings. The molecule has 6 N–H and O–H groups in total. The normalized spacial score (nSPS) is 9.14. The fourth-order valence-corrected chi connectivity index (χ4v) is 0.744. The van der Waals surface area contributed by atoms with Crippen molar-refractivity contribution in [1.82, 2.24) is 0 Å². The maximum atomic E-state index is 10.6. The van der Waals surface area contributed by atoms with Crippen molar-refractivity contribution < 1.29 is 19.8 Å². The molecule has 6 nitrogen and oxygen atoms in total. The molecule has 0 heterocycles. The highest BCUT2D eigenvalue weighted by Crippen LogP contribution is 2.11. The Kier molecular flexibility index (Phi) is 4.21. The fourth-order valence-electron chi connectivity index (χ4n) is 0.744. The molecule has 14 heavy (non-hydrogen) atoms. The number of amides is 2. The highest BCUT2D eigenvalue weighted by Gasteiger charge is 2.13. The van der Waals surface area contributed by atoms with E-state index in [0.29, 0.717) is 0 Å². The van der Waals surface area contributed by atoms with Crippen molar-refractivity contribution in [3.8, 4) is 0 Å². The first-order valence-electron chi connectivity index (χ1n) is 3.74. The molecule has 0 fully saturated rings. The summed E-state index contributed by atoms with van der Waals surface area (Å²) in [6.45, 7) is 3.33. The summed E-state index contributed by atoms with van der Waals surface area (Å²) >= 11 is 0. The quantitative estimate of drug-likeness (QED) is 0.356. The van der Waals surface area contributed by atoms with Crippen molar-refractivity contribution in [2.75, 3.05) is 0 Å². The van der Waals surface area contributed by atoms with Crippen molar-refractivity contribution in [3.05, 3.63) is 23.7 Å². The second kappa shape index (κ2) is 4.90. The van der Waals surface area contributed by atoms with Crippen LogP contribution in [0.1, 0.15) is 12.8 Å². The van der Waals surface area contributed by atoms with E-state index in [4.69, 9.17) is 21.7 Å². The van der Waals surface area contributed by atoms with Gasteiger partial charge >= 0.3 is 0 Å². The van der Waals surface area contributed by atoms with Gasteiger partial charge in [0.15, 0.2) is 0 Å². The molecule has 0 aromatic carbocycles. The van der Waals surface area contributed by atoms with Crippen LogP contribution in [0, 0.1) is 0 Å². The molecule has 0 radical (unpaired) electrons. The Morgan fingerprint density at radius 1 is 1.07 bits per heavy atom. The molecular weight excluding hydrogens is 188 g/mol. The molecule has 0 bridgehead atoms. The van der Waals surface area contributed by atoms with Gasteiger partial charge in [-0.1, -0.05) is 6.58 Å². The second-order valence-corrected chi connectivity index (χ2v) is 2.63. The number of primary amides is 2. The Labute approximate surface area is 80.5 Å². The van der Waals surface area contributed by atoms with Crippen molar-refractivity contribution in [1.29, 1.82) is 0 Å². The first kappa shape index (κ1) is 12.0. The summed E-state index contributed by atoms with van der Waals surface area (Å²) in [5, 5.41) is 17.2. The number of carbonyl (C=O) groups is 2.